The molecule has 0 aliphatic rings. The zero-order valence-electron chi connectivity index (χ0n) is 13.5. The molecule has 0 saturated heterocycles. The van der Waals surface area contributed by atoms with Crippen LogP contribution in [0.1, 0.15) is 5.56 Å². The van der Waals surface area contributed by atoms with Crippen molar-refractivity contribution in [3.63, 3.8) is 0 Å². The van der Waals surface area contributed by atoms with Gasteiger partial charge in [0, 0.05) is 11.4 Å². The summed E-state index contributed by atoms with van der Waals surface area (Å²) in [6.07, 6.45) is 0. The fourth-order valence-electron chi connectivity index (χ4n) is 2.27. The largest absolute Gasteiger partial charge is 0.353 e. The molecule has 0 spiro atoms. The van der Waals surface area contributed by atoms with Crippen molar-refractivity contribution in [2.75, 3.05) is 10.0 Å². The summed E-state index contributed by atoms with van der Waals surface area (Å²) in [6.45, 7) is 1.89. The summed E-state index contributed by atoms with van der Waals surface area (Å²) in [4.78, 5) is 0.201. The van der Waals surface area contributed by atoms with Gasteiger partial charge in [-0.3, -0.25) is 4.72 Å². The third-order valence-electron chi connectivity index (χ3n) is 3.62. The van der Waals surface area contributed by atoms with E-state index in [0.29, 0.717) is 17.1 Å². The van der Waals surface area contributed by atoms with Crippen LogP contribution in [0.3, 0.4) is 0 Å². The SMILES string of the molecule is Cc1ccc(S(=O)(=O)Nc2ccc(Nc3ccccc3F)cc2)cc1. The smallest absolute Gasteiger partial charge is 0.261 e. The molecule has 128 valence electrons. The first-order chi connectivity index (χ1) is 11.9. The Bertz CT molecular complexity index is 969. The molecule has 0 radical (unpaired) electrons. The van der Waals surface area contributed by atoms with Gasteiger partial charge in [0.25, 0.3) is 10.0 Å². The predicted molar refractivity (Wildman–Crippen MR) is 98.1 cm³/mol. The van der Waals surface area contributed by atoms with Gasteiger partial charge in [0.2, 0.25) is 0 Å². The number of benzene rings is 3. The number of para-hydroxylation sites is 1. The first-order valence-corrected chi connectivity index (χ1v) is 9.13. The maximum absolute atomic E-state index is 13.6. The molecule has 0 unspecified atom stereocenters. The number of rotatable bonds is 5. The van der Waals surface area contributed by atoms with Crippen LogP contribution in [-0.2, 0) is 10.0 Å². The maximum Gasteiger partial charge on any atom is 0.261 e. The maximum atomic E-state index is 13.6. The van der Waals surface area contributed by atoms with E-state index >= 15 is 0 Å². The lowest BCUT2D eigenvalue weighted by Gasteiger charge is -2.10. The molecule has 0 saturated carbocycles. The third kappa shape index (κ3) is 4.16. The van der Waals surface area contributed by atoms with E-state index < -0.39 is 10.0 Å². The van der Waals surface area contributed by atoms with E-state index in [1.807, 2.05) is 6.92 Å². The number of sulfonamides is 1. The Labute approximate surface area is 146 Å². The van der Waals surface area contributed by atoms with Crippen LogP contribution in [0.2, 0.25) is 0 Å². The van der Waals surface area contributed by atoms with Crippen molar-refractivity contribution in [1.29, 1.82) is 0 Å². The van der Waals surface area contributed by atoms with Crippen LogP contribution in [0.15, 0.2) is 77.7 Å². The Hall–Kier alpha value is -2.86. The first kappa shape index (κ1) is 17.0. The monoisotopic (exact) mass is 356 g/mol. The Morgan fingerprint density at radius 1 is 0.800 bits per heavy atom. The van der Waals surface area contributed by atoms with E-state index in [2.05, 4.69) is 10.0 Å². The summed E-state index contributed by atoms with van der Waals surface area (Å²) in [5, 5.41) is 2.95. The Kier molecular flexibility index (Phi) is 4.72. The van der Waals surface area contributed by atoms with E-state index in [4.69, 9.17) is 0 Å². The van der Waals surface area contributed by atoms with E-state index in [9.17, 15) is 12.8 Å². The van der Waals surface area contributed by atoms with Gasteiger partial charge in [-0.2, -0.15) is 0 Å². The van der Waals surface area contributed by atoms with Gasteiger partial charge in [-0.15, -0.1) is 0 Å². The van der Waals surface area contributed by atoms with Crippen molar-refractivity contribution in [1.82, 2.24) is 0 Å². The molecule has 0 heterocycles. The summed E-state index contributed by atoms with van der Waals surface area (Å²) in [5.41, 5.74) is 2.43. The molecule has 3 aromatic rings. The van der Waals surface area contributed by atoms with Gasteiger partial charge in [-0.25, -0.2) is 12.8 Å². The van der Waals surface area contributed by atoms with Crippen LogP contribution in [0.25, 0.3) is 0 Å². The summed E-state index contributed by atoms with van der Waals surface area (Å²) >= 11 is 0. The highest BCUT2D eigenvalue weighted by Crippen LogP contribution is 2.22. The van der Waals surface area contributed by atoms with Crippen LogP contribution in [0.4, 0.5) is 21.5 Å². The molecule has 0 atom stereocenters. The molecule has 0 fully saturated rings. The average Bonchev–Trinajstić information content (AvgIpc) is 2.59. The van der Waals surface area contributed by atoms with Crippen LogP contribution >= 0.6 is 0 Å². The molecule has 0 bridgehead atoms. The standard InChI is InChI=1S/C19H17FN2O2S/c1-14-6-12-17(13-7-14)25(23,24)22-16-10-8-15(9-11-16)21-19-5-3-2-4-18(19)20/h2-13,21-22H,1H3. The number of halogens is 1. The minimum atomic E-state index is -3.64. The first-order valence-electron chi connectivity index (χ1n) is 7.65. The van der Waals surface area contributed by atoms with Crippen molar-refractivity contribution in [3.05, 3.63) is 84.2 Å². The Balaban J connectivity index is 1.74. The molecular formula is C19H17FN2O2S. The molecule has 0 amide bonds. The minimum Gasteiger partial charge on any atom is -0.353 e. The molecule has 0 aromatic heterocycles. The van der Waals surface area contributed by atoms with Gasteiger partial charge < -0.3 is 5.32 Å². The van der Waals surface area contributed by atoms with Crippen LogP contribution in [0.5, 0.6) is 0 Å². The highest BCUT2D eigenvalue weighted by Gasteiger charge is 2.13. The predicted octanol–water partition coefficient (Wildman–Crippen LogP) is 4.68. The number of hydrogen-bond donors (Lipinski definition) is 2. The second-order valence-corrected chi connectivity index (χ2v) is 7.28. The lowest BCUT2D eigenvalue weighted by atomic mass is 10.2. The average molecular weight is 356 g/mol. The lowest BCUT2D eigenvalue weighted by molar-refractivity contribution is 0.601. The van der Waals surface area contributed by atoms with Gasteiger partial charge in [0.05, 0.1) is 10.6 Å². The van der Waals surface area contributed by atoms with E-state index in [-0.39, 0.29) is 10.7 Å². The second kappa shape index (κ2) is 6.94. The van der Waals surface area contributed by atoms with Crippen molar-refractivity contribution < 1.29 is 12.8 Å². The molecule has 3 aromatic carbocycles. The lowest BCUT2D eigenvalue weighted by Crippen LogP contribution is -2.12. The van der Waals surface area contributed by atoms with Gasteiger partial charge in [0.1, 0.15) is 5.82 Å². The molecule has 6 heteroatoms. The highest BCUT2D eigenvalue weighted by molar-refractivity contribution is 7.92. The zero-order chi connectivity index (χ0) is 17.9. The number of nitrogens with one attached hydrogen (secondary N) is 2. The normalized spacial score (nSPS) is 11.1. The Morgan fingerprint density at radius 3 is 2.04 bits per heavy atom. The van der Waals surface area contributed by atoms with Gasteiger partial charge >= 0.3 is 0 Å². The quantitative estimate of drug-likeness (QED) is 0.698. The van der Waals surface area contributed by atoms with Crippen molar-refractivity contribution in [2.45, 2.75) is 11.8 Å². The second-order valence-electron chi connectivity index (χ2n) is 5.60. The van der Waals surface area contributed by atoms with Gasteiger partial charge in [-0.1, -0.05) is 29.8 Å². The van der Waals surface area contributed by atoms with Gasteiger partial charge in [0.15, 0.2) is 0 Å². The molecular weight excluding hydrogens is 339 g/mol. The van der Waals surface area contributed by atoms with E-state index in [1.165, 1.54) is 6.07 Å². The fourth-order valence-corrected chi connectivity index (χ4v) is 3.33. The summed E-state index contributed by atoms with van der Waals surface area (Å²) < 4.78 is 40.9. The van der Waals surface area contributed by atoms with Crippen molar-refractivity contribution >= 4 is 27.1 Å². The van der Waals surface area contributed by atoms with Gasteiger partial charge in [-0.05, 0) is 55.5 Å². The van der Waals surface area contributed by atoms with Crippen molar-refractivity contribution in [2.24, 2.45) is 0 Å². The molecule has 0 aliphatic carbocycles. The summed E-state index contributed by atoms with van der Waals surface area (Å²) in [7, 11) is -3.64. The zero-order valence-corrected chi connectivity index (χ0v) is 14.3. The van der Waals surface area contributed by atoms with Crippen LogP contribution in [-0.4, -0.2) is 8.42 Å². The molecule has 2 N–H and O–H groups in total. The van der Waals surface area contributed by atoms with Crippen molar-refractivity contribution in [3.8, 4) is 0 Å². The summed E-state index contributed by atoms with van der Waals surface area (Å²) in [5.74, 6) is -0.355. The van der Waals surface area contributed by atoms with E-state index in [0.717, 1.165) is 5.56 Å². The van der Waals surface area contributed by atoms with E-state index in [1.54, 1.807) is 66.7 Å². The number of aryl methyl sites for hydroxylation is 1. The molecule has 3 rings (SSSR count). The number of hydrogen-bond acceptors (Lipinski definition) is 3. The highest BCUT2D eigenvalue weighted by atomic mass is 32.2. The van der Waals surface area contributed by atoms with Crippen LogP contribution < -0.4 is 10.0 Å². The molecule has 4 nitrogen and oxygen atoms in total. The summed E-state index contributed by atoms with van der Waals surface area (Å²) in [6, 6.07) is 19.6. The number of anilines is 3. The Morgan fingerprint density at radius 2 is 1.40 bits per heavy atom. The third-order valence-corrected chi connectivity index (χ3v) is 5.02. The molecule has 0 aliphatic heterocycles. The van der Waals surface area contributed by atoms with Crippen LogP contribution in [0, 0.1) is 12.7 Å². The molecule has 25 heavy (non-hydrogen) atoms. The minimum absolute atomic E-state index is 0.201. The topological polar surface area (TPSA) is 58.2 Å². The fraction of sp³-hybridized carbons (Fsp3) is 0.0526.